The summed E-state index contributed by atoms with van der Waals surface area (Å²) in [6, 6.07) is 2.25. The van der Waals surface area contributed by atoms with E-state index in [4.69, 9.17) is 0 Å². The number of hydrogen-bond acceptors (Lipinski definition) is 2. The van der Waals surface area contributed by atoms with Gasteiger partial charge in [0.15, 0.2) is 0 Å². The van der Waals surface area contributed by atoms with Crippen molar-refractivity contribution in [2.24, 2.45) is 0 Å². The monoisotopic (exact) mass is 362 g/mol. The lowest BCUT2D eigenvalue weighted by Gasteiger charge is -2.17. The van der Waals surface area contributed by atoms with E-state index in [1.807, 2.05) is 0 Å². The van der Waals surface area contributed by atoms with Crippen molar-refractivity contribution in [2.45, 2.75) is 37.7 Å². The van der Waals surface area contributed by atoms with E-state index >= 15 is 0 Å². The Kier molecular flexibility index (Phi) is 4.41. The number of H-pyrrole nitrogens is 1. The maximum absolute atomic E-state index is 13.2. The SMILES string of the molecule is CCc1nc2cc(C(F)(F)F)c(C(Br)CC)cc2c(=O)[nH]1. The van der Waals surface area contributed by atoms with Gasteiger partial charge in [0.1, 0.15) is 5.82 Å². The number of benzene rings is 1. The fourth-order valence-electron chi connectivity index (χ4n) is 2.14. The van der Waals surface area contributed by atoms with Crippen molar-refractivity contribution in [3.8, 4) is 0 Å². The first-order chi connectivity index (χ1) is 9.77. The van der Waals surface area contributed by atoms with Crippen LogP contribution in [-0.2, 0) is 12.6 Å². The summed E-state index contributed by atoms with van der Waals surface area (Å²) in [5, 5.41) is 0.174. The highest BCUT2D eigenvalue weighted by Gasteiger charge is 2.35. The molecule has 0 saturated carbocycles. The van der Waals surface area contributed by atoms with E-state index in [0.717, 1.165) is 6.07 Å². The summed E-state index contributed by atoms with van der Waals surface area (Å²) in [6.07, 6.45) is -3.56. The third-order valence-electron chi connectivity index (χ3n) is 3.26. The predicted octanol–water partition coefficient (Wildman–Crippen LogP) is 4.35. The molecule has 1 heterocycles. The first-order valence-electron chi connectivity index (χ1n) is 6.56. The van der Waals surface area contributed by atoms with Crippen LogP contribution in [0.3, 0.4) is 0 Å². The predicted molar refractivity (Wildman–Crippen MR) is 78.7 cm³/mol. The van der Waals surface area contributed by atoms with Gasteiger partial charge in [0, 0.05) is 11.2 Å². The Morgan fingerprint density at radius 2 is 2.00 bits per heavy atom. The first-order valence-corrected chi connectivity index (χ1v) is 7.47. The van der Waals surface area contributed by atoms with Gasteiger partial charge in [-0.15, -0.1) is 0 Å². The van der Waals surface area contributed by atoms with Crippen LogP contribution < -0.4 is 5.56 Å². The molecule has 0 amide bonds. The summed E-state index contributed by atoms with van der Waals surface area (Å²) in [5.41, 5.74) is -1.03. The standard InChI is InChI=1S/C14H14BrF3N2O/c1-3-10(15)7-5-8-11(6-9(7)14(16,17)18)19-12(4-2)20-13(8)21/h5-6,10H,3-4H2,1-2H3,(H,19,20,21). The number of fused-ring (bicyclic) bond motifs is 1. The zero-order valence-corrected chi connectivity index (χ0v) is 13.1. The van der Waals surface area contributed by atoms with Gasteiger partial charge in [-0.3, -0.25) is 4.79 Å². The summed E-state index contributed by atoms with van der Waals surface area (Å²) < 4.78 is 39.7. The number of aromatic amines is 1. The minimum atomic E-state index is -4.48. The number of nitrogens with zero attached hydrogens (tertiary/aromatic N) is 1. The minimum absolute atomic E-state index is 0.0639. The Morgan fingerprint density at radius 3 is 2.52 bits per heavy atom. The van der Waals surface area contributed by atoms with Crippen LogP contribution in [0.25, 0.3) is 10.9 Å². The van der Waals surface area contributed by atoms with Crippen molar-refractivity contribution in [2.75, 3.05) is 0 Å². The van der Waals surface area contributed by atoms with E-state index in [-0.39, 0.29) is 16.5 Å². The molecule has 114 valence electrons. The molecule has 0 spiro atoms. The van der Waals surface area contributed by atoms with Crippen LogP contribution in [0.15, 0.2) is 16.9 Å². The molecule has 1 atom stereocenters. The van der Waals surface area contributed by atoms with Crippen molar-refractivity contribution in [3.63, 3.8) is 0 Å². The summed E-state index contributed by atoms with van der Waals surface area (Å²) >= 11 is 3.23. The molecule has 1 N–H and O–H groups in total. The molecule has 0 aliphatic rings. The minimum Gasteiger partial charge on any atom is -0.310 e. The molecule has 0 bridgehead atoms. The van der Waals surface area contributed by atoms with Crippen molar-refractivity contribution in [3.05, 3.63) is 39.4 Å². The molecule has 0 aliphatic carbocycles. The van der Waals surface area contributed by atoms with Gasteiger partial charge in [0.05, 0.1) is 16.5 Å². The van der Waals surface area contributed by atoms with Crippen molar-refractivity contribution < 1.29 is 13.2 Å². The molecule has 1 aromatic heterocycles. The van der Waals surface area contributed by atoms with Crippen molar-refractivity contribution >= 4 is 26.8 Å². The average Bonchev–Trinajstić information content (AvgIpc) is 2.44. The molecule has 2 rings (SSSR count). The van der Waals surface area contributed by atoms with E-state index in [1.165, 1.54) is 6.07 Å². The van der Waals surface area contributed by atoms with Crippen LogP contribution >= 0.6 is 15.9 Å². The van der Waals surface area contributed by atoms with E-state index in [2.05, 4.69) is 25.9 Å². The fourth-order valence-corrected chi connectivity index (χ4v) is 2.52. The molecule has 3 nitrogen and oxygen atoms in total. The maximum Gasteiger partial charge on any atom is 0.416 e. The molecule has 0 fully saturated rings. The molecular formula is C14H14BrF3N2O. The van der Waals surface area contributed by atoms with Crippen LogP contribution in [-0.4, -0.2) is 9.97 Å². The maximum atomic E-state index is 13.2. The van der Waals surface area contributed by atoms with Gasteiger partial charge in [-0.05, 0) is 24.1 Å². The van der Waals surface area contributed by atoms with Gasteiger partial charge in [0.25, 0.3) is 5.56 Å². The quantitative estimate of drug-likeness (QED) is 0.825. The topological polar surface area (TPSA) is 45.8 Å². The number of halogens is 4. The third kappa shape index (κ3) is 3.12. The molecule has 1 unspecified atom stereocenters. The van der Waals surface area contributed by atoms with Gasteiger partial charge in [0.2, 0.25) is 0 Å². The summed E-state index contributed by atoms with van der Waals surface area (Å²) in [4.78, 5) is 18.2. The number of nitrogens with one attached hydrogen (secondary N) is 1. The Labute approximate surface area is 127 Å². The summed E-state index contributed by atoms with van der Waals surface area (Å²) in [5.74, 6) is 0.374. The number of aromatic nitrogens is 2. The zero-order valence-electron chi connectivity index (χ0n) is 11.5. The number of rotatable bonds is 3. The number of aryl methyl sites for hydroxylation is 1. The Bertz CT molecular complexity index is 724. The van der Waals surface area contributed by atoms with Crippen LogP contribution in [0.2, 0.25) is 0 Å². The average molecular weight is 363 g/mol. The fraction of sp³-hybridized carbons (Fsp3) is 0.429. The molecular weight excluding hydrogens is 349 g/mol. The van der Waals surface area contributed by atoms with E-state index in [1.54, 1.807) is 13.8 Å². The van der Waals surface area contributed by atoms with Crippen molar-refractivity contribution in [1.82, 2.24) is 9.97 Å². The highest BCUT2D eigenvalue weighted by molar-refractivity contribution is 9.09. The van der Waals surface area contributed by atoms with Gasteiger partial charge >= 0.3 is 6.18 Å². The summed E-state index contributed by atoms with van der Waals surface area (Å²) in [6.45, 7) is 3.54. The van der Waals surface area contributed by atoms with E-state index < -0.39 is 22.1 Å². The Balaban J connectivity index is 2.83. The molecule has 2 aromatic rings. The first kappa shape index (κ1) is 16.0. The van der Waals surface area contributed by atoms with Gasteiger partial charge in [-0.1, -0.05) is 29.8 Å². The molecule has 0 saturated heterocycles. The Hall–Kier alpha value is -1.37. The van der Waals surface area contributed by atoms with Crippen LogP contribution in [0.1, 0.15) is 42.0 Å². The highest BCUT2D eigenvalue weighted by Crippen LogP contribution is 2.39. The second kappa shape index (κ2) is 5.79. The zero-order chi connectivity index (χ0) is 15.8. The van der Waals surface area contributed by atoms with E-state index in [0.29, 0.717) is 18.7 Å². The van der Waals surface area contributed by atoms with Gasteiger partial charge < -0.3 is 4.98 Å². The smallest absolute Gasteiger partial charge is 0.310 e. The molecule has 1 aromatic carbocycles. The Morgan fingerprint density at radius 1 is 1.33 bits per heavy atom. The van der Waals surface area contributed by atoms with Gasteiger partial charge in [-0.25, -0.2) is 4.98 Å². The second-order valence-corrected chi connectivity index (χ2v) is 5.80. The van der Waals surface area contributed by atoms with Crippen LogP contribution in [0, 0.1) is 0 Å². The lowest BCUT2D eigenvalue weighted by atomic mass is 10.00. The molecule has 21 heavy (non-hydrogen) atoms. The van der Waals surface area contributed by atoms with Crippen molar-refractivity contribution in [1.29, 1.82) is 0 Å². The molecule has 7 heteroatoms. The molecule has 0 aliphatic heterocycles. The van der Waals surface area contributed by atoms with E-state index in [9.17, 15) is 18.0 Å². The third-order valence-corrected chi connectivity index (χ3v) is 4.40. The lowest BCUT2D eigenvalue weighted by molar-refractivity contribution is -0.138. The lowest BCUT2D eigenvalue weighted by Crippen LogP contribution is -2.15. The second-order valence-electron chi connectivity index (χ2n) is 4.70. The van der Waals surface area contributed by atoms with Crippen LogP contribution in [0.5, 0.6) is 0 Å². The van der Waals surface area contributed by atoms with Crippen LogP contribution in [0.4, 0.5) is 13.2 Å². The molecule has 0 radical (unpaired) electrons. The summed E-state index contributed by atoms with van der Waals surface area (Å²) in [7, 11) is 0. The number of alkyl halides is 4. The normalized spacial score (nSPS) is 13.6. The highest BCUT2D eigenvalue weighted by atomic mass is 79.9. The van der Waals surface area contributed by atoms with Gasteiger partial charge in [-0.2, -0.15) is 13.2 Å². The number of hydrogen-bond donors (Lipinski definition) is 1. The largest absolute Gasteiger partial charge is 0.416 e.